The van der Waals surface area contributed by atoms with Crippen molar-refractivity contribution in [3.63, 3.8) is 0 Å². The van der Waals surface area contributed by atoms with Crippen LogP contribution in [0, 0.1) is 0 Å². The first kappa shape index (κ1) is 13.2. The largest absolute Gasteiger partial charge is 0.504 e. The molecule has 0 bridgehead atoms. The van der Waals surface area contributed by atoms with Crippen LogP contribution in [0.4, 0.5) is 5.82 Å². The Balaban J connectivity index is 2.07. The van der Waals surface area contributed by atoms with E-state index in [0.29, 0.717) is 16.7 Å². The number of rotatable bonds is 4. The normalized spacial score (nSPS) is 10.6. The van der Waals surface area contributed by atoms with E-state index in [1.807, 2.05) is 0 Å². The molecule has 1 aromatic heterocycles. The van der Waals surface area contributed by atoms with Gasteiger partial charge in [-0.1, -0.05) is 17.7 Å². The number of phenolic OH excluding ortho intramolecular Hbond substituents is 1. The molecule has 0 fully saturated rings. The standard InChI is InChI=1S/C13H12ClN3O2/c1-19-11-7-9(5-6-10(11)18)8-15-17-13-4-2-3-12(14)16-13/h2-8,18H,1H3,(H,16,17). The maximum Gasteiger partial charge on any atom is 0.161 e. The Kier molecular flexibility index (Phi) is 4.20. The molecule has 98 valence electrons. The van der Waals surface area contributed by atoms with Crippen molar-refractivity contribution in [3.05, 3.63) is 47.1 Å². The highest BCUT2D eigenvalue weighted by atomic mass is 35.5. The number of hydrazone groups is 1. The van der Waals surface area contributed by atoms with E-state index in [-0.39, 0.29) is 5.75 Å². The van der Waals surface area contributed by atoms with Crippen molar-refractivity contribution < 1.29 is 9.84 Å². The van der Waals surface area contributed by atoms with Crippen molar-refractivity contribution in [2.75, 3.05) is 12.5 Å². The van der Waals surface area contributed by atoms with Crippen LogP contribution in [0.25, 0.3) is 0 Å². The molecule has 0 amide bonds. The third-order valence-corrected chi connectivity index (χ3v) is 2.52. The Morgan fingerprint density at radius 3 is 2.95 bits per heavy atom. The number of aromatic nitrogens is 1. The number of nitrogens with zero attached hydrogens (tertiary/aromatic N) is 2. The first-order chi connectivity index (χ1) is 9.19. The van der Waals surface area contributed by atoms with Crippen LogP contribution < -0.4 is 10.2 Å². The van der Waals surface area contributed by atoms with Gasteiger partial charge in [-0.15, -0.1) is 0 Å². The summed E-state index contributed by atoms with van der Waals surface area (Å²) < 4.78 is 5.00. The Morgan fingerprint density at radius 2 is 2.21 bits per heavy atom. The van der Waals surface area contributed by atoms with Gasteiger partial charge in [-0.2, -0.15) is 5.10 Å². The number of phenols is 1. The summed E-state index contributed by atoms with van der Waals surface area (Å²) in [5.74, 6) is 1.03. The van der Waals surface area contributed by atoms with Gasteiger partial charge >= 0.3 is 0 Å². The summed E-state index contributed by atoms with van der Waals surface area (Å²) in [5, 5.41) is 13.9. The fourth-order valence-electron chi connectivity index (χ4n) is 1.42. The second-order valence-corrected chi connectivity index (χ2v) is 4.03. The molecule has 2 rings (SSSR count). The van der Waals surface area contributed by atoms with E-state index < -0.39 is 0 Å². The predicted molar refractivity (Wildman–Crippen MR) is 75.1 cm³/mol. The first-order valence-electron chi connectivity index (χ1n) is 5.47. The number of pyridine rings is 1. The molecule has 0 unspecified atom stereocenters. The Hall–Kier alpha value is -2.27. The highest BCUT2D eigenvalue weighted by Gasteiger charge is 2.00. The molecule has 2 N–H and O–H groups in total. The summed E-state index contributed by atoms with van der Waals surface area (Å²) in [5.41, 5.74) is 3.54. The summed E-state index contributed by atoms with van der Waals surface area (Å²) in [7, 11) is 1.49. The molecule has 0 aliphatic rings. The fraction of sp³-hybridized carbons (Fsp3) is 0.0769. The van der Waals surface area contributed by atoms with Gasteiger partial charge in [-0.25, -0.2) is 4.98 Å². The molecule has 0 atom stereocenters. The molecule has 0 aliphatic carbocycles. The van der Waals surface area contributed by atoms with Crippen molar-refractivity contribution in [2.45, 2.75) is 0 Å². The maximum atomic E-state index is 9.46. The van der Waals surface area contributed by atoms with E-state index in [0.717, 1.165) is 5.56 Å². The first-order valence-corrected chi connectivity index (χ1v) is 5.85. The minimum absolute atomic E-state index is 0.0871. The zero-order valence-corrected chi connectivity index (χ0v) is 10.9. The molecular weight excluding hydrogens is 266 g/mol. The molecule has 0 saturated carbocycles. The molecule has 1 heterocycles. The van der Waals surface area contributed by atoms with Crippen LogP contribution in [0.3, 0.4) is 0 Å². The number of aromatic hydroxyl groups is 1. The van der Waals surface area contributed by atoms with E-state index in [1.54, 1.807) is 36.5 Å². The van der Waals surface area contributed by atoms with Gasteiger partial charge in [-0.3, -0.25) is 5.43 Å². The molecule has 1 aromatic carbocycles. The van der Waals surface area contributed by atoms with Crippen molar-refractivity contribution in [3.8, 4) is 11.5 Å². The van der Waals surface area contributed by atoms with E-state index >= 15 is 0 Å². The molecular formula is C13H12ClN3O2. The van der Waals surface area contributed by atoms with Crippen LogP contribution in [-0.4, -0.2) is 23.4 Å². The number of benzene rings is 1. The van der Waals surface area contributed by atoms with Gasteiger partial charge in [0, 0.05) is 0 Å². The molecule has 0 aliphatic heterocycles. The molecule has 5 nitrogen and oxygen atoms in total. The van der Waals surface area contributed by atoms with E-state index in [1.165, 1.54) is 13.2 Å². The number of nitrogens with one attached hydrogen (secondary N) is 1. The summed E-state index contributed by atoms with van der Waals surface area (Å²) in [4.78, 5) is 4.03. The second kappa shape index (κ2) is 6.06. The van der Waals surface area contributed by atoms with Crippen LogP contribution in [-0.2, 0) is 0 Å². The quantitative estimate of drug-likeness (QED) is 0.512. The summed E-state index contributed by atoms with van der Waals surface area (Å²) >= 11 is 5.75. The average Bonchev–Trinajstić information content (AvgIpc) is 2.41. The lowest BCUT2D eigenvalue weighted by Gasteiger charge is -2.03. The maximum absolute atomic E-state index is 9.46. The number of anilines is 1. The van der Waals surface area contributed by atoms with Gasteiger partial charge in [0.25, 0.3) is 0 Å². The monoisotopic (exact) mass is 277 g/mol. The SMILES string of the molecule is COc1cc(C=NNc2cccc(Cl)n2)ccc1O. The third-order valence-electron chi connectivity index (χ3n) is 2.31. The van der Waals surface area contributed by atoms with Crippen molar-refractivity contribution >= 4 is 23.6 Å². The summed E-state index contributed by atoms with van der Waals surface area (Å²) in [6.07, 6.45) is 1.59. The van der Waals surface area contributed by atoms with Crippen LogP contribution in [0.5, 0.6) is 11.5 Å². The lowest BCUT2D eigenvalue weighted by Crippen LogP contribution is -1.93. The Bertz CT molecular complexity index is 602. The molecule has 19 heavy (non-hydrogen) atoms. The van der Waals surface area contributed by atoms with E-state index in [9.17, 15) is 5.11 Å². The lowest BCUT2D eigenvalue weighted by molar-refractivity contribution is 0.373. The van der Waals surface area contributed by atoms with Gasteiger partial charge in [0.1, 0.15) is 11.0 Å². The summed E-state index contributed by atoms with van der Waals surface area (Å²) in [6.45, 7) is 0. The van der Waals surface area contributed by atoms with Gasteiger partial charge in [0.15, 0.2) is 11.5 Å². The second-order valence-electron chi connectivity index (χ2n) is 3.65. The minimum Gasteiger partial charge on any atom is -0.504 e. The number of hydrogen-bond acceptors (Lipinski definition) is 5. The number of hydrogen-bond donors (Lipinski definition) is 2. The molecule has 0 radical (unpaired) electrons. The number of halogens is 1. The zero-order valence-electron chi connectivity index (χ0n) is 10.2. The van der Waals surface area contributed by atoms with E-state index in [2.05, 4.69) is 15.5 Å². The van der Waals surface area contributed by atoms with Crippen LogP contribution >= 0.6 is 11.6 Å². The molecule has 2 aromatic rings. The third kappa shape index (κ3) is 3.59. The van der Waals surface area contributed by atoms with Crippen molar-refractivity contribution in [2.24, 2.45) is 5.10 Å². The zero-order chi connectivity index (χ0) is 13.7. The number of methoxy groups -OCH3 is 1. The molecule has 0 saturated heterocycles. The predicted octanol–water partition coefficient (Wildman–Crippen LogP) is 2.90. The number of ether oxygens (including phenoxy) is 1. The van der Waals surface area contributed by atoms with Gasteiger partial charge in [-0.05, 0) is 35.9 Å². The smallest absolute Gasteiger partial charge is 0.161 e. The van der Waals surface area contributed by atoms with Gasteiger partial charge < -0.3 is 9.84 Å². The summed E-state index contributed by atoms with van der Waals surface area (Å²) in [6, 6.07) is 10.1. The average molecular weight is 278 g/mol. The highest BCUT2D eigenvalue weighted by molar-refractivity contribution is 6.29. The minimum atomic E-state index is 0.0871. The van der Waals surface area contributed by atoms with Crippen LogP contribution in [0.2, 0.25) is 5.15 Å². The van der Waals surface area contributed by atoms with Gasteiger partial charge in [0.05, 0.1) is 13.3 Å². The fourth-order valence-corrected chi connectivity index (χ4v) is 1.58. The van der Waals surface area contributed by atoms with Crippen molar-refractivity contribution in [1.29, 1.82) is 0 Å². The Labute approximate surface area is 115 Å². The van der Waals surface area contributed by atoms with Gasteiger partial charge in [0.2, 0.25) is 0 Å². The highest BCUT2D eigenvalue weighted by Crippen LogP contribution is 2.25. The van der Waals surface area contributed by atoms with Crippen molar-refractivity contribution in [1.82, 2.24) is 4.98 Å². The molecule has 6 heteroatoms. The lowest BCUT2D eigenvalue weighted by atomic mass is 10.2. The van der Waals surface area contributed by atoms with Crippen LogP contribution in [0.15, 0.2) is 41.5 Å². The molecule has 0 spiro atoms. The van der Waals surface area contributed by atoms with E-state index in [4.69, 9.17) is 16.3 Å². The topological polar surface area (TPSA) is 66.7 Å². The Morgan fingerprint density at radius 1 is 1.37 bits per heavy atom. The van der Waals surface area contributed by atoms with Crippen LogP contribution in [0.1, 0.15) is 5.56 Å².